The van der Waals surface area contributed by atoms with E-state index in [-0.39, 0.29) is 11.7 Å². The average molecular weight is 242 g/mol. The zero-order chi connectivity index (χ0) is 12.1. The molecule has 1 aliphatic rings. The number of rotatable bonds is 2. The Morgan fingerprint density at radius 1 is 1.29 bits per heavy atom. The molecular weight excluding hydrogens is 232 g/mol. The number of benzene rings is 1. The first-order valence-electron chi connectivity index (χ1n) is 5.21. The largest absolute Gasteiger partial charge is 0.481 e. The van der Waals surface area contributed by atoms with Crippen molar-refractivity contribution in [3.8, 4) is 12.1 Å². The lowest BCUT2D eigenvalue weighted by Crippen LogP contribution is -2.11. The maximum Gasteiger partial charge on any atom is 0.182 e. The van der Waals surface area contributed by atoms with Crippen molar-refractivity contribution in [1.82, 2.24) is 0 Å². The summed E-state index contributed by atoms with van der Waals surface area (Å²) in [4.78, 5) is 0. The highest BCUT2D eigenvalue weighted by molar-refractivity contribution is 8.03. The third-order valence-corrected chi connectivity index (χ3v) is 3.51. The molecule has 1 fully saturated rings. The summed E-state index contributed by atoms with van der Waals surface area (Å²) in [7, 11) is 0. The number of ether oxygens (including phenoxy) is 1. The van der Waals surface area contributed by atoms with Crippen LogP contribution in [-0.4, -0.2) is 11.9 Å². The summed E-state index contributed by atoms with van der Waals surface area (Å²) in [5.41, 5.74) is 1.28. The van der Waals surface area contributed by atoms with E-state index in [9.17, 15) is 0 Å². The lowest BCUT2D eigenvalue weighted by Gasteiger charge is -2.09. The third kappa shape index (κ3) is 2.81. The Labute approximate surface area is 104 Å². The van der Waals surface area contributed by atoms with Gasteiger partial charge in [-0.15, -0.1) is 0 Å². The van der Waals surface area contributed by atoms with E-state index in [2.05, 4.69) is 0 Å². The smallest absolute Gasteiger partial charge is 0.182 e. The van der Waals surface area contributed by atoms with Crippen molar-refractivity contribution in [3.05, 3.63) is 46.6 Å². The molecule has 0 aromatic heterocycles. The van der Waals surface area contributed by atoms with E-state index in [1.54, 1.807) is 0 Å². The van der Waals surface area contributed by atoms with Crippen LogP contribution >= 0.6 is 11.8 Å². The highest BCUT2D eigenvalue weighted by Crippen LogP contribution is 2.32. The maximum absolute atomic E-state index is 8.74. The van der Waals surface area contributed by atoms with Crippen molar-refractivity contribution in [2.45, 2.75) is 12.5 Å². The van der Waals surface area contributed by atoms with Gasteiger partial charge in [0.05, 0.1) is 0 Å². The van der Waals surface area contributed by atoms with Crippen LogP contribution in [0.4, 0.5) is 0 Å². The van der Waals surface area contributed by atoms with Crippen LogP contribution in [0.2, 0.25) is 0 Å². The molecule has 1 atom stereocenters. The molecule has 0 radical (unpaired) electrons. The van der Waals surface area contributed by atoms with E-state index >= 15 is 0 Å². The number of nitrogens with zero attached hydrogens (tertiary/aromatic N) is 2. The molecule has 0 spiro atoms. The molecule has 1 aromatic carbocycles. The summed E-state index contributed by atoms with van der Waals surface area (Å²) in [5, 5.41) is 17.9. The molecule has 3 nitrogen and oxygen atoms in total. The van der Waals surface area contributed by atoms with Gasteiger partial charge >= 0.3 is 0 Å². The lowest BCUT2D eigenvalue weighted by atomic mass is 10.1. The summed E-state index contributed by atoms with van der Waals surface area (Å²) in [6.07, 6.45) is 0.857. The zero-order valence-electron chi connectivity index (χ0n) is 9.09. The quantitative estimate of drug-likeness (QED) is 0.748. The van der Waals surface area contributed by atoms with Gasteiger partial charge in [0, 0.05) is 12.2 Å². The van der Waals surface area contributed by atoms with Gasteiger partial charge in [0.2, 0.25) is 0 Å². The van der Waals surface area contributed by atoms with Crippen LogP contribution in [0, 0.1) is 22.7 Å². The SMILES string of the molecule is N#CC(C#N)=C1OC(Cc2ccccc2)CS1. The number of nitriles is 2. The molecule has 1 unspecified atom stereocenters. The predicted molar refractivity (Wildman–Crippen MR) is 65.7 cm³/mol. The second-order valence-corrected chi connectivity index (χ2v) is 4.62. The van der Waals surface area contributed by atoms with Gasteiger partial charge in [0.15, 0.2) is 10.7 Å². The zero-order valence-corrected chi connectivity index (χ0v) is 9.91. The Hall–Kier alpha value is -1.91. The number of hydrogen-bond acceptors (Lipinski definition) is 4. The number of allylic oxidation sites excluding steroid dienone is 1. The van der Waals surface area contributed by atoms with Crippen LogP contribution in [-0.2, 0) is 11.2 Å². The van der Waals surface area contributed by atoms with Gasteiger partial charge in [-0.3, -0.25) is 0 Å². The Bertz CT molecular complexity index is 494. The Morgan fingerprint density at radius 2 is 2.00 bits per heavy atom. The van der Waals surface area contributed by atoms with Gasteiger partial charge in [0.1, 0.15) is 18.2 Å². The summed E-state index contributed by atoms with van der Waals surface area (Å²) in [6, 6.07) is 13.8. The first kappa shape index (κ1) is 11.6. The van der Waals surface area contributed by atoms with Crippen LogP contribution in [0.25, 0.3) is 0 Å². The molecule has 4 heteroatoms. The molecule has 1 aromatic rings. The maximum atomic E-state index is 8.74. The van der Waals surface area contributed by atoms with Crippen LogP contribution in [0.15, 0.2) is 41.0 Å². The molecule has 17 heavy (non-hydrogen) atoms. The summed E-state index contributed by atoms with van der Waals surface area (Å²) >= 11 is 1.44. The van der Waals surface area contributed by atoms with Crippen LogP contribution in [0.5, 0.6) is 0 Å². The first-order chi connectivity index (χ1) is 8.33. The first-order valence-corrected chi connectivity index (χ1v) is 6.20. The monoisotopic (exact) mass is 242 g/mol. The topological polar surface area (TPSA) is 56.8 Å². The minimum atomic E-state index is 0.0501. The molecule has 0 aliphatic carbocycles. The molecule has 0 N–H and O–H groups in total. The predicted octanol–water partition coefficient (Wildman–Crippen LogP) is 2.62. The highest BCUT2D eigenvalue weighted by atomic mass is 32.2. The van der Waals surface area contributed by atoms with Gasteiger partial charge in [-0.05, 0) is 5.56 Å². The molecule has 84 valence electrons. The molecule has 1 heterocycles. The van der Waals surface area contributed by atoms with E-state index in [0.29, 0.717) is 5.09 Å². The van der Waals surface area contributed by atoms with Crippen LogP contribution in [0.1, 0.15) is 5.56 Å². The molecular formula is C13H10N2OS. The molecule has 0 bridgehead atoms. The van der Waals surface area contributed by atoms with Crippen molar-refractivity contribution in [1.29, 1.82) is 10.5 Å². The molecule has 0 amide bonds. The fraction of sp³-hybridized carbons (Fsp3) is 0.231. The minimum Gasteiger partial charge on any atom is -0.481 e. The Balaban J connectivity index is 2.03. The third-order valence-electron chi connectivity index (χ3n) is 2.41. The standard InChI is InChI=1S/C13H10N2OS/c14-7-11(8-15)13-16-12(9-17-13)6-10-4-2-1-3-5-10/h1-5,12H,6,9H2. The molecule has 1 aliphatic heterocycles. The number of thioether (sulfide) groups is 1. The van der Waals surface area contributed by atoms with E-state index in [4.69, 9.17) is 15.3 Å². The van der Waals surface area contributed by atoms with Gasteiger partial charge in [-0.2, -0.15) is 10.5 Å². The lowest BCUT2D eigenvalue weighted by molar-refractivity contribution is 0.169. The van der Waals surface area contributed by atoms with Crippen LogP contribution in [0.3, 0.4) is 0 Å². The fourth-order valence-corrected chi connectivity index (χ4v) is 2.58. The van der Waals surface area contributed by atoms with Crippen molar-refractivity contribution in [2.75, 3.05) is 5.75 Å². The van der Waals surface area contributed by atoms with Crippen molar-refractivity contribution in [3.63, 3.8) is 0 Å². The minimum absolute atomic E-state index is 0.0501. The normalized spacial score (nSPS) is 18.0. The molecule has 2 rings (SSSR count). The molecule has 1 saturated heterocycles. The summed E-state index contributed by atoms with van der Waals surface area (Å²) in [6.45, 7) is 0. The second kappa shape index (κ2) is 5.43. The van der Waals surface area contributed by atoms with Crippen molar-refractivity contribution < 1.29 is 4.74 Å². The number of hydrogen-bond donors (Lipinski definition) is 0. The summed E-state index contributed by atoms with van der Waals surface area (Å²) in [5.74, 6) is 0.789. The highest BCUT2D eigenvalue weighted by Gasteiger charge is 2.24. The van der Waals surface area contributed by atoms with Crippen molar-refractivity contribution >= 4 is 11.8 Å². The second-order valence-electron chi connectivity index (χ2n) is 3.63. The van der Waals surface area contributed by atoms with E-state index < -0.39 is 0 Å². The van der Waals surface area contributed by atoms with Crippen molar-refractivity contribution in [2.24, 2.45) is 0 Å². The van der Waals surface area contributed by atoms with Gasteiger partial charge in [-0.1, -0.05) is 42.1 Å². The van der Waals surface area contributed by atoms with Crippen LogP contribution < -0.4 is 0 Å². The van der Waals surface area contributed by atoms with Gasteiger partial charge in [0.25, 0.3) is 0 Å². The summed E-state index contributed by atoms with van der Waals surface area (Å²) < 4.78 is 5.61. The van der Waals surface area contributed by atoms with E-state index in [1.807, 2.05) is 42.5 Å². The Morgan fingerprint density at radius 3 is 2.65 bits per heavy atom. The van der Waals surface area contributed by atoms with Gasteiger partial charge in [-0.25, -0.2) is 0 Å². The molecule has 0 saturated carbocycles. The fourth-order valence-electron chi connectivity index (χ4n) is 1.61. The van der Waals surface area contributed by atoms with E-state index in [0.717, 1.165) is 12.2 Å². The average Bonchev–Trinajstić information content (AvgIpc) is 2.81. The Kier molecular flexibility index (Phi) is 3.69. The van der Waals surface area contributed by atoms with Gasteiger partial charge < -0.3 is 4.74 Å². The van der Waals surface area contributed by atoms with E-state index in [1.165, 1.54) is 17.3 Å².